The van der Waals surface area contributed by atoms with Crippen LogP contribution in [0.15, 0.2) is 0 Å². The van der Waals surface area contributed by atoms with Crippen LogP contribution in [-0.4, -0.2) is 48.2 Å². The molecule has 0 aromatic heterocycles. The molecule has 2 unspecified atom stereocenters. The van der Waals surface area contributed by atoms with Gasteiger partial charge in [0.25, 0.3) is 0 Å². The molecule has 0 aromatic carbocycles. The molecule has 0 fully saturated rings. The number of unbranched alkanes of at least 4 members (excludes halogenated alkanes) is 15. The van der Waals surface area contributed by atoms with Crippen molar-refractivity contribution in [3.8, 4) is 0 Å². The minimum Gasteiger partial charge on any atom is -0.363 e. The van der Waals surface area contributed by atoms with Crippen molar-refractivity contribution >= 4 is 0 Å². The van der Waals surface area contributed by atoms with E-state index in [1.807, 2.05) is 6.92 Å². The molecule has 0 aliphatic heterocycles. The maximum atomic E-state index is 11.0. The number of quaternary nitrogens is 1. The van der Waals surface area contributed by atoms with Gasteiger partial charge in [-0.15, -0.1) is 0 Å². The molecule has 3 nitrogen and oxygen atoms in total. The maximum absolute atomic E-state index is 11.0. The topological polar surface area (TPSA) is 29.5 Å². The Labute approximate surface area is 209 Å². The zero-order valence-electron chi connectivity index (χ0n) is 23.7. The van der Waals surface area contributed by atoms with Crippen LogP contribution in [0.4, 0.5) is 0 Å². The third kappa shape index (κ3) is 16.2. The lowest BCUT2D eigenvalue weighted by Gasteiger charge is -2.47. The van der Waals surface area contributed by atoms with Crippen LogP contribution >= 0.6 is 0 Å². The predicted molar refractivity (Wildman–Crippen MR) is 147 cm³/mol. The molecule has 0 aliphatic carbocycles. The Morgan fingerprint density at radius 1 is 0.515 bits per heavy atom. The fourth-order valence-electron chi connectivity index (χ4n) is 5.60. The van der Waals surface area contributed by atoms with Gasteiger partial charge in [0.05, 0.1) is 19.6 Å². The summed E-state index contributed by atoms with van der Waals surface area (Å²) in [4.78, 5) is 0. The van der Waals surface area contributed by atoms with Gasteiger partial charge in [-0.25, -0.2) is 0 Å². The average molecular weight is 471 g/mol. The highest BCUT2D eigenvalue weighted by molar-refractivity contribution is 4.65. The van der Waals surface area contributed by atoms with Gasteiger partial charge in [0.2, 0.25) is 6.29 Å². The second kappa shape index (κ2) is 23.6. The number of nitrogens with zero attached hydrogens (tertiary/aromatic N) is 1. The van der Waals surface area contributed by atoms with Crippen LogP contribution in [0.2, 0.25) is 0 Å². The largest absolute Gasteiger partial charge is 0.363 e. The summed E-state index contributed by atoms with van der Waals surface area (Å²) in [5.74, 6) is 0. The average Bonchev–Trinajstić information content (AvgIpc) is 2.81. The van der Waals surface area contributed by atoms with Gasteiger partial charge in [-0.1, -0.05) is 105 Å². The fraction of sp³-hybridized carbons (Fsp3) is 1.00. The predicted octanol–water partition coefficient (Wildman–Crippen LogP) is 9.02. The van der Waals surface area contributed by atoms with E-state index in [-0.39, 0.29) is 6.04 Å². The SMILES string of the molecule is CCCCCCCC[N+](CCCCCCCC)(CCCCCCCC)C(CC)C(O)OCC. The molecule has 0 spiro atoms. The summed E-state index contributed by atoms with van der Waals surface area (Å²) in [7, 11) is 0. The number of aliphatic hydroxyl groups excluding tert-OH is 1. The van der Waals surface area contributed by atoms with Crippen LogP contribution in [0.1, 0.15) is 157 Å². The summed E-state index contributed by atoms with van der Waals surface area (Å²) in [6.07, 6.45) is 24.6. The van der Waals surface area contributed by atoms with Crippen LogP contribution in [-0.2, 0) is 4.74 Å². The third-order valence-corrected chi connectivity index (χ3v) is 7.66. The Hall–Kier alpha value is -0.120. The van der Waals surface area contributed by atoms with Gasteiger partial charge in [-0.2, -0.15) is 0 Å². The van der Waals surface area contributed by atoms with Gasteiger partial charge < -0.3 is 14.3 Å². The maximum Gasteiger partial charge on any atom is 0.208 e. The molecule has 33 heavy (non-hydrogen) atoms. The highest BCUT2D eigenvalue weighted by Gasteiger charge is 2.39. The van der Waals surface area contributed by atoms with E-state index < -0.39 is 6.29 Å². The molecule has 0 saturated carbocycles. The molecule has 1 N–H and O–H groups in total. The summed E-state index contributed by atoms with van der Waals surface area (Å²) in [5.41, 5.74) is 0. The van der Waals surface area contributed by atoms with Gasteiger partial charge in [-0.3, -0.25) is 0 Å². The summed E-state index contributed by atoms with van der Waals surface area (Å²) in [6.45, 7) is 15.4. The van der Waals surface area contributed by atoms with Gasteiger partial charge in [-0.05, 0) is 45.4 Å². The molecule has 0 saturated heterocycles. The van der Waals surface area contributed by atoms with E-state index in [2.05, 4.69) is 27.7 Å². The number of aliphatic hydroxyl groups is 1. The van der Waals surface area contributed by atoms with E-state index in [1.165, 1.54) is 135 Å². The Morgan fingerprint density at radius 2 is 0.848 bits per heavy atom. The van der Waals surface area contributed by atoms with Crippen molar-refractivity contribution in [2.75, 3.05) is 26.2 Å². The Morgan fingerprint density at radius 3 is 1.15 bits per heavy atom. The lowest BCUT2D eigenvalue weighted by atomic mass is 10.0. The molecule has 0 amide bonds. The lowest BCUT2D eigenvalue weighted by molar-refractivity contribution is -0.958. The number of hydrogen-bond donors (Lipinski definition) is 1. The number of ether oxygens (including phenoxy) is 1. The molecular formula is C30H64NO2+. The van der Waals surface area contributed by atoms with Crippen molar-refractivity contribution in [2.45, 2.75) is 169 Å². The molecule has 0 rings (SSSR count). The van der Waals surface area contributed by atoms with Crippen molar-refractivity contribution in [3.63, 3.8) is 0 Å². The molecule has 0 bridgehead atoms. The Balaban J connectivity index is 5.22. The van der Waals surface area contributed by atoms with Gasteiger partial charge in [0.1, 0.15) is 6.04 Å². The minimum absolute atomic E-state index is 0.215. The Bertz CT molecular complexity index is 347. The summed E-state index contributed by atoms with van der Waals surface area (Å²) >= 11 is 0. The monoisotopic (exact) mass is 470 g/mol. The normalized spacial score (nSPS) is 14.0. The van der Waals surface area contributed by atoms with Crippen molar-refractivity contribution < 1.29 is 14.3 Å². The standard InChI is InChI=1S/C30H64NO2/c1-6-11-14-17-20-23-26-31(27-24-21-18-15-12-7-2,28-25-22-19-16-13-8-3)29(9-4)30(32)33-10-5/h29-30,32H,6-28H2,1-5H3/q+1. The summed E-state index contributed by atoms with van der Waals surface area (Å²) in [6, 6.07) is 0.215. The van der Waals surface area contributed by atoms with Crippen LogP contribution in [0.5, 0.6) is 0 Å². The lowest BCUT2D eigenvalue weighted by Crippen LogP contribution is -2.61. The molecule has 200 valence electrons. The first-order valence-electron chi connectivity index (χ1n) is 15.3. The third-order valence-electron chi connectivity index (χ3n) is 7.66. The molecule has 0 heterocycles. The minimum atomic E-state index is -0.625. The quantitative estimate of drug-likeness (QED) is 0.0776. The van der Waals surface area contributed by atoms with Crippen molar-refractivity contribution in [1.82, 2.24) is 0 Å². The highest BCUT2D eigenvalue weighted by Crippen LogP contribution is 2.26. The van der Waals surface area contributed by atoms with Crippen LogP contribution in [0.3, 0.4) is 0 Å². The van der Waals surface area contributed by atoms with Crippen molar-refractivity contribution in [3.05, 3.63) is 0 Å². The van der Waals surface area contributed by atoms with E-state index in [1.54, 1.807) is 0 Å². The second-order valence-corrected chi connectivity index (χ2v) is 10.5. The van der Waals surface area contributed by atoms with Crippen LogP contribution in [0.25, 0.3) is 0 Å². The molecule has 2 atom stereocenters. The van der Waals surface area contributed by atoms with E-state index in [4.69, 9.17) is 4.74 Å². The zero-order chi connectivity index (χ0) is 24.6. The molecule has 0 radical (unpaired) electrons. The van der Waals surface area contributed by atoms with E-state index >= 15 is 0 Å². The van der Waals surface area contributed by atoms with Gasteiger partial charge in [0, 0.05) is 13.0 Å². The first kappa shape index (κ1) is 32.9. The molecular weight excluding hydrogens is 406 g/mol. The zero-order valence-corrected chi connectivity index (χ0v) is 23.7. The molecule has 0 aromatic rings. The highest BCUT2D eigenvalue weighted by atomic mass is 16.6. The molecule has 0 aliphatic rings. The van der Waals surface area contributed by atoms with Crippen LogP contribution in [0, 0.1) is 0 Å². The first-order chi connectivity index (χ1) is 16.1. The van der Waals surface area contributed by atoms with E-state index in [0.29, 0.717) is 6.61 Å². The summed E-state index contributed by atoms with van der Waals surface area (Å²) < 4.78 is 6.91. The van der Waals surface area contributed by atoms with E-state index in [0.717, 1.165) is 10.9 Å². The smallest absolute Gasteiger partial charge is 0.208 e. The van der Waals surface area contributed by atoms with Crippen molar-refractivity contribution in [2.24, 2.45) is 0 Å². The number of hydrogen-bond acceptors (Lipinski definition) is 2. The summed E-state index contributed by atoms with van der Waals surface area (Å²) in [5, 5.41) is 11.0. The number of rotatable bonds is 26. The second-order valence-electron chi connectivity index (χ2n) is 10.5. The molecule has 3 heteroatoms. The van der Waals surface area contributed by atoms with Crippen molar-refractivity contribution in [1.29, 1.82) is 0 Å². The van der Waals surface area contributed by atoms with Gasteiger partial charge in [0.15, 0.2) is 0 Å². The first-order valence-corrected chi connectivity index (χ1v) is 15.3. The van der Waals surface area contributed by atoms with Gasteiger partial charge >= 0.3 is 0 Å². The fourth-order valence-corrected chi connectivity index (χ4v) is 5.60. The van der Waals surface area contributed by atoms with E-state index in [9.17, 15) is 5.11 Å². The Kier molecular flexibility index (Phi) is 23.5. The van der Waals surface area contributed by atoms with Crippen LogP contribution < -0.4 is 0 Å².